The fraction of sp³-hybridized carbons (Fsp3) is 0.263. The maximum atomic E-state index is 12.9. The molecule has 0 aliphatic rings. The fourth-order valence-electron chi connectivity index (χ4n) is 2.33. The number of rotatable bonds is 7. The van der Waals surface area contributed by atoms with Crippen molar-refractivity contribution in [1.29, 1.82) is 0 Å². The number of carbonyl (C=O) groups excluding carboxylic acids is 2. The zero-order chi connectivity index (χ0) is 18.2. The minimum Gasteiger partial charge on any atom is -0.351 e. The van der Waals surface area contributed by atoms with Gasteiger partial charge in [0.05, 0.1) is 6.04 Å². The number of halogens is 1. The van der Waals surface area contributed by atoms with Crippen molar-refractivity contribution in [3.63, 3.8) is 0 Å². The first-order chi connectivity index (χ1) is 12.0. The Hall–Kier alpha value is -2.73. The van der Waals surface area contributed by atoms with Crippen molar-refractivity contribution in [3.8, 4) is 0 Å². The minimum atomic E-state index is -0.508. The van der Waals surface area contributed by atoms with E-state index < -0.39 is 11.9 Å². The summed E-state index contributed by atoms with van der Waals surface area (Å²) in [5.41, 5.74) is 7.57. The van der Waals surface area contributed by atoms with Crippen LogP contribution in [0, 0.1) is 5.82 Å². The molecule has 2 rings (SSSR count). The molecule has 0 aliphatic carbocycles. The van der Waals surface area contributed by atoms with Gasteiger partial charge in [0, 0.05) is 17.8 Å². The molecule has 5 nitrogen and oxygen atoms in total. The highest BCUT2D eigenvalue weighted by molar-refractivity contribution is 6.04. The van der Waals surface area contributed by atoms with Crippen LogP contribution in [0.4, 0.5) is 10.1 Å². The molecule has 2 aromatic carbocycles. The molecule has 0 aliphatic heterocycles. The molecule has 2 aromatic rings. The Kier molecular flexibility index (Phi) is 6.65. The minimum absolute atomic E-state index is 0.192. The molecule has 6 heteroatoms. The molecule has 0 radical (unpaired) electrons. The molecule has 0 fully saturated rings. The number of nitrogens with two attached hydrogens (primary N) is 1. The second-order valence-corrected chi connectivity index (χ2v) is 5.77. The maximum Gasteiger partial charge on any atom is 0.255 e. The molecule has 1 unspecified atom stereocenters. The van der Waals surface area contributed by atoms with Crippen LogP contribution in [0.1, 0.15) is 35.7 Å². The summed E-state index contributed by atoms with van der Waals surface area (Å²) in [6.45, 7) is 2.30. The predicted molar refractivity (Wildman–Crippen MR) is 95.5 cm³/mol. The van der Waals surface area contributed by atoms with Crippen LogP contribution in [-0.2, 0) is 11.3 Å². The third-order valence-electron chi connectivity index (χ3n) is 3.69. The van der Waals surface area contributed by atoms with Crippen LogP contribution in [0.2, 0.25) is 0 Å². The smallest absolute Gasteiger partial charge is 0.255 e. The van der Waals surface area contributed by atoms with Crippen LogP contribution >= 0.6 is 0 Å². The molecule has 0 spiro atoms. The zero-order valence-corrected chi connectivity index (χ0v) is 14.1. The topological polar surface area (TPSA) is 84.2 Å². The van der Waals surface area contributed by atoms with Crippen molar-refractivity contribution >= 4 is 17.5 Å². The summed E-state index contributed by atoms with van der Waals surface area (Å²) in [5.74, 6) is -0.913. The Labute approximate surface area is 146 Å². The number of amides is 2. The molecular formula is C19H22FN3O2. The Morgan fingerprint density at radius 3 is 2.56 bits per heavy atom. The van der Waals surface area contributed by atoms with Crippen molar-refractivity contribution in [2.45, 2.75) is 32.4 Å². The standard InChI is InChI=1S/C19H22FN3O2/c1-2-4-17(21)19(25)22-12-13-5-3-6-16(11-13)23-18(24)14-7-9-15(20)10-8-14/h3,5-11,17H,2,4,12,21H2,1H3,(H,22,25)(H,23,24). The summed E-state index contributed by atoms with van der Waals surface area (Å²) in [5, 5.41) is 5.53. The van der Waals surface area contributed by atoms with Gasteiger partial charge < -0.3 is 16.4 Å². The van der Waals surface area contributed by atoms with Crippen LogP contribution < -0.4 is 16.4 Å². The van der Waals surface area contributed by atoms with Gasteiger partial charge in [-0.15, -0.1) is 0 Å². The van der Waals surface area contributed by atoms with Crippen LogP contribution in [0.25, 0.3) is 0 Å². The highest BCUT2D eigenvalue weighted by atomic mass is 19.1. The lowest BCUT2D eigenvalue weighted by Crippen LogP contribution is -2.40. The number of nitrogens with one attached hydrogen (secondary N) is 2. The third kappa shape index (κ3) is 5.69. The van der Waals surface area contributed by atoms with Gasteiger partial charge >= 0.3 is 0 Å². The fourth-order valence-corrected chi connectivity index (χ4v) is 2.33. The van der Waals surface area contributed by atoms with Gasteiger partial charge in [-0.2, -0.15) is 0 Å². The molecule has 0 heterocycles. The normalized spacial score (nSPS) is 11.6. The molecule has 4 N–H and O–H groups in total. The number of anilines is 1. The lowest BCUT2D eigenvalue weighted by atomic mass is 10.1. The number of benzene rings is 2. The summed E-state index contributed by atoms with van der Waals surface area (Å²) < 4.78 is 12.9. The van der Waals surface area contributed by atoms with Crippen molar-refractivity contribution in [3.05, 3.63) is 65.5 Å². The summed E-state index contributed by atoms with van der Waals surface area (Å²) >= 11 is 0. The highest BCUT2D eigenvalue weighted by Gasteiger charge is 2.12. The molecule has 25 heavy (non-hydrogen) atoms. The largest absolute Gasteiger partial charge is 0.351 e. The molecule has 0 saturated carbocycles. The quantitative estimate of drug-likeness (QED) is 0.723. The van der Waals surface area contributed by atoms with Gasteiger partial charge in [-0.05, 0) is 48.4 Å². The van der Waals surface area contributed by atoms with E-state index in [-0.39, 0.29) is 11.8 Å². The van der Waals surface area contributed by atoms with E-state index in [0.717, 1.165) is 12.0 Å². The Bertz CT molecular complexity index is 732. The first-order valence-corrected chi connectivity index (χ1v) is 8.18. The lowest BCUT2D eigenvalue weighted by Gasteiger charge is -2.12. The lowest BCUT2D eigenvalue weighted by molar-refractivity contribution is -0.122. The van der Waals surface area contributed by atoms with E-state index in [1.54, 1.807) is 18.2 Å². The van der Waals surface area contributed by atoms with Crippen molar-refractivity contribution < 1.29 is 14.0 Å². The SMILES string of the molecule is CCCC(N)C(=O)NCc1cccc(NC(=O)c2ccc(F)cc2)c1. The molecule has 1 atom stereocenters. The highest BCUT2D eigenvalue weighted by Crippen LogP contribution is 2.13. The molecule has 0 bridgehead atoms. The summed E-state index contributed by atoms with van der Waals surface area (Å²) in [6.07, 6.45) is 1.49. The second kappa shape index (κ2) is 8.94. The van der Waals surface area contributed by atoms with Crippen molar-refractivity contribution in [1.82, 2.24) is 5.32 Å². The Morgan fingerprint density at radius 2 is 1.88 bits per heavy atom. The van der Waals surface area contributed by atoms with E-state index in [9.17, 15) is 14.0 Å². The first kappa shape index (κ1) is 18.6. The van der Waals surface area contributed by atoms with Gasteiger partial charge in [-0.25, -0.2) is 4.39 Å². The predicted octanol–water partition coefficient (Wildman–Crippen LogP) is 2.82. The second-order valence-electron chi connectivity index (χ2n) is 5.77. The Balaban J connectivity index is 1.95. The van der Waals surface area contributed by atoms with E-state index in [1.807, 2.05) is 13.0 Å². The van der Waals surface area contributed by atoms with E-state index >= 15 is 0 Å². The number of hydrogen-bond acceptors (Lipinski definition) is 3. The van der Waals surface area contributed by atoms with E-state index in [0.29, 0.717) is 24.2 Å². The average molecular weight is 343 g/mol. The zero-order valence-electron chi connectivity index (χ0n) is 14.1. The van der Waals surface area contributed by atoms with Crippen molar-refractivity contribution in [2.75, 3.05) is 5.32 Å². The summed E-state index contributed by atoms with van der Waals surface area (Å²) in [7, 11) is 0. The maximum absolute atomic E-state index is 12.9. The van der Waals surface area contributed by atoms with Crippen LogP contribution in [-0.4, -0.2) is 17.9 Å². The van der Waals surface area contributed by atoms with Crippen LogP contribution in [0.15, 0.2) is 48.5 Å². The molecular weight excluding hydrogens is 321 g/mol. The summed E-state index contributed by atoms with van der Waals surface area (Å²) in [6, 6.07) is 12.0. The van der Waals surface area contributed by atoms with Crippen LogP contribution in [0.5, 0.6) is 0 Å². The van der Waals surface area contributed by atoms with Gasteiger partial charge in [0.2, 0.25) is 5.91 Å². The third-order valence-corrected chi connectivity index (χ3v) is 3.69. The van der Waals surface area contributed by atoms with Gasteiger partial charge in [-0.3, -0.25) is 9.59 Å². The number of hydrogen-bond donors (Lipinski definition) is 3. The van der Waals surface area contributed by atoms with E-state index in [1.165, 1.54) is 24.3 Å². The van der Waals surface area contributed by atoms with Gasteiger partial charge in [0.25, 0.3) is 5.91 Å². The molecule has 0 saturated heterocycles. The van der Waals surface area contributed by atoms with Gasteiger partial charge in [0.15, 0.2) is 0 Å². The van der Waals surface area contributed by atoms with E-state index in [4.69, 9.17) is 5.73 Å². The van der Waals surface area contributed by atoms with E-state index in [2.05, 4.69) is 10.6 Å². The monoisotopic (exact) mass is 343 g/mol. The molecule has 0 aromatic heterocycles. The van der Waals surface area contributed by atoms with Crippen LogP contribution in [0.3, 0.4) is 0 Å². The Morgan fingerprint density at radius 1 is 1.16 bits per heavy atom. The average Bonchev–Trinajstić information content (AvgIpc) is 2.60. The first-order valence-electron chi connectivity index (χ1n) is 8.18. The number of carbonyl (C=O) groups is 2. The molecule has 2 amide bonds. The van der Waals surface area contributed by atoms with Gasteiger partial charge in [0.1, 0.15) is 5.82 Å². The molecule has 132 valence electrons. The van der Waals surface area contributed by atoms with Gasteiger partial charge in [-0.1, -0.05) is 25.5 Å². The summed E-state index contributed by atoms with van der Waals surface area (Å²) in [4.78, 5) is 24.0. The van der Waals surface area contributed by atoms with Crippen molar-refractivity contribution in [2.24, 2.45) is 5.73 Å².